The van der Waals surface area contributed by atoms with Gasteiger partial charge in [0, 0.05) is 0 Å². The molecule has 0 radical (unpaired) electrons. The van der Waals surface area contributed by atoms with Crippen LogP contribution < -0.4 is 86.7 Å². The van der Waals surface area contributed by atoms with Crippen LogP contribution in [0.1, 0.15) is 0 Å². The van der Waals surface area contributed by atoms with Crippen LogP contribution in [-0.4, -0.2) is 32.9 Å². The third kappa shape index (κ3) is 479. The third-order valence-corrected chi connectivity index (χ3v) is 0. The second-order valence-corrected chi connectivity index (χ2v) is 3.50. The Morgan fingerprint density at radius 1 is 0.476 bits per heavy atom. The average molecular weight is 332 g/mol. The van der Waals surface area contributed by atoms with E-state index in [0.29, 0.717) is 0 Å². The van der Waals surface area contributed by atoms with E-state index in [1.165, 1.54) is 0 Å². The lowest BCUT2D eigenvalue weighted by atomic mass is 11.1. The second kappa shape index (κ2) is 19.5. The van der Waals surface area contributed by atoms with E-state index < -0.39 is 9.05 Å². The maximum absolute atomic E-state index is 8.58. The summed E-state index contributed by atoms with van der Waals surface area (Å²) < 4.78 is 0. The first-order valence-electron chi connectivity index (χ1n) is 4.28. The molecule has 0 spiro atoms. The monoisotopic (exact) mass is 332 g/mol. The lowest BCUT2D eigenvalue weighted by molar-refractivity contribution is -0.624. The second-order valence-electron chi connectivity index (χ2n) is 2.50. The highest BCUT2D eigenvalue weighted by atomic mass is 28.4. The highest BCUT2D eigenvalue weighted by molar-refractivity contribution is 6.38. The SMILES string of the molecule is NC(N)=[NH2+].NC(N)=[NH2+].NC(N)=[NH2+].NC(N)=[NH2+].[O-][Si]([O-])([O-])[O-]. The fraction of sp³-hybridized carbons (Fsp3) is 0. The van der Waals surface area contributed by atoms with Crippen molar-refractivity contribution in [1.29, 1.82) is 0 Å². The summed E-state index contributed by atoms with van der Waals surface area (Å²) in [6.07, 6.45) is 0. The predicted molar refractivity (Wildman–Crippen MR) is 67.0 cm³/mol. The van der Waals surface area contributed by atoms with Crippen molar-refractivity contribution in [3.05, 3.63) is 0 Å². The molecule has 0 aromatic carbocycles. The maximum atomic E-state index is 8.58. The summed E-state index contributed by atoms with van der Waals surface area (Å²) in [7, 11) is -5.61. The van der Waals surface area contributed by atoms with Crippen LogP contribution in [0.5, 0.6) is 0 Å². The first kappa shape index (κ1) is 30.9. The summed E-state index contributed by atoms with van der Waals surface area (Å²) in [5.41, 5.74) is 36.7. The lowest BCUT2D eigenvalue weighted by Crippen LogP contribution is -2.82. The first-order valence-corrected chi connectivity index (χ1v) is 5.91. The van der Waals surface area contributed by atoms with Gasteiger partial charge >= 0.3 is 23.8 Å². The molecule has 0 aliphatic heterocycles. The molecular weight excluding hydrogens is 308 g/mol. The molecule has 17 heteroatoms. The molecule has 21 heavy (non-hydrogen) atoms. The molecule has 0 heterocycles. The zero-order valence-electron chi connectivity index (χ0n) is 11.1. The van der Waals surface area contributed by atoms with Gasteiger partial charge in [-0.1, -0.05) is 0 Å². The Bertz CT molecular complexity index is 232. The number of hydrogen-bond acceptors (Lipinski definition) is 4. The van der Waals surface area contributed by atoms with Crippen LogP contribution in [0.15, 0.2) is 0 Å². The van der Waals surface area contributed by atoms with E-state index in [4.69, 9.17) is 19.2 Å². The van der Waals surface area contributed by atoms with E-state index in [0.717, 1.165) is 0 Å². The van der Waals surface area contributed by atoms with E-state index in [2.05, 4.69) is 67.5 Å². The van der Waals surface area contributed by atoms with Crippen LogP contribution in [0.25, 0.3) is 0 Å². The molecule has 128 valence electrons. The van der Waals surface area contributed by atoms with E-state index in [1.54, 1.807) is 0 Å². The van der Waals surface area contributed by atoms with E-state index in [9.17, 15) is 0 Å². The Labute approximate surface area is 120 Å². The highest BCUT2D eigenvalue weighted by Gasteiger charge is 1.65. The van der Waals surface area contributed by atoms with Gasteiger partial charge in [0.15, 0.2) is 0 Å². The van der Waals surface area contributed by atoms with Gasteiger partial charge in [0.25, 0.3) is 0 Å². The van der Waals surface area contributed by atoms with Gasteiger partial charge in [0.1, 0.15) is 0 Å². The van der Waals surface area contributed by atoms with Gasteiger partial charge in [0.05, 0.1) is 0 Å². The molecule has 0 rings (SSSR count). The van der Waals surface area contributed by atoms with Crippen molar-refractivity contribution in [2.24, 2.45) is 45.9 Å². The standard InChI is InChI=1S/4CH5N3.O4Si/c4*2-1(3)4;1-5(2,3)4/h4*(H5,2,3,4);/q;;;;-4/p+4. The maximum Gasteiger partial charge on any atom is 0.336 e. The molecule has 0 atom stereocenters. The molecule has 0 fully saturated rings. The van der Waals surface area contributed by atoms with Crippen molar-refractivity contribution in [1.82, 2.24) is 0 Å². The molecule has 0 bridgehead atoms. The molecule has 16 nitrogen and oxygen atoms in total. The quantitative estimate of drug-likeness (QED) is 0.112. The fourth-order valence-electron chi connectivity index (χ4n) is 0. The zero-order chi connectivity index (χ0) is 18.8. The van der Waals surface area contributed by atoms with Gasteiger partial charge in [-0.15, -0.1) is 0 Å². The van der Waals surface area contributed by atoms with Gasteiger partial charge in [0.2, 0.25) is 0 Å². The van der Waals surface area contributed by atoms with Gasteiger partial charge in [-0.25, -0.2) is 0 Å². The summed E-state index contributed by atoms with van der Waals surface area (Å²) in [5, 5.41) is 18.3. The third-order valence-electron chi connectivity index (χ3n) is 0. The van der Waals surface area contributed by atoms with Crippen LogP contribution in [-0.2, 0) is 0 Å². The van der Waals surface area contributed by atoms with E-state index in [1.807, 2.05) is 0 Å². The van der Waals surface area contributed by atoms with Crippen LogP contribution in [0, 0.1) is 0 Å². The van der Waals surface area contributed by atoms with Gasteiger partial charge in [-0.05, 0) is 0 Å². The number of hydrogen-bond donors (Lipinski definition) is 12. The summed E-state index contributed by atoms with van der Waals surface area (Å²) in [6, 6.07) is 0. The number of rotatable bonds is 0. The van der Waals surface area contributed by atoms with Crippen LogP contribution >= 0.6 is 0 Å². The molecule has 0 unspecified atom stereocenters. The molecular formula is C4H24N12O4Si. The predicted octanol–water partition coefficient (Wildman–Crippen LogP) is -17.1. The molecule has 0 saturated heterocycles. The van der Waals surface area contributed by atoms with Crippen LogP contribution in [0.2, 0.25) is 0 Å². The topological polar surface area (TPSA) is 403 Å². The molecule has 0 aromatic rings. The minimum atomic E-state index is -5.61. The summed E-state index contributed by atoms with van der Waals surface area (Å²) in [4.78, 5) is 34.3. The van der Waals surface area contributed by atoms with Crippen molar-refractivity contribution in [3.8, 4) is 0 Å². The molecule has 24 N–H and O–H groups in total. The Morgan fingerprint density at radius 3 is 0.476 bits per heavy atom. The van der Waals surface area contributed by atoms with Gasteiger partial charge in [-0.3, -0.25) is 67.5 Å². The number of guanidine groups is 4. The Hall–Kier alpha value is -2.86. The Balaban J connectivity index is -0.0000000510. The molecule has 0 saturated carbocycles. The Morgan fingerprint density at radius 2 is 0.476 bits per heavy atom. The Kier molecular flexibility index (Phi) is 28.6. The van der Waals surface area contributed by atoms with Gasteiger partial charge < -0.3 is 28.2 Å². The van der Waals surface area contributed by atoms with Crippen molar-refractivity contribution >= 4 is 32.9 Å². The highest BCUT2D eigenvalue weighted by Crippen LogP contribution is 1.26. The smallest absolute Gasteiger partial charge is 0.336 e. The summed E-state index contributed by atoms with van der Waals surface area (Å²) in [5.74, 6) is -0.333. The van der Waals surface area contributed by atoms with Gasteiger partial charge in [-0.2, -0.15) is 0 Å². The van der Waals surface area contributed by atoms with Crippen molar-refractivity contribution in [2.45, 2.75) is 0 Å². The fourth-order valence-corrected chi connectivity index (χ4v) is 0. The average Bonchev–Trinajstić information content (AvgIpc) is 1.91. The molecule has 0 aliphatic carbocycles. The van der Waals surface area contributed by atoms with Crippen LogP contribution in [0.3, 0.4) is 0 Å². The lowest BCUT2D eigenvalue weighted by Gasteiger charge is -2.67. The van der Waals surface area contributed by atoms with Crippen molar-refractivity contribution in [2.75, 3.05) is 0 Å². The van der Waals surface area contributed by atoms with E-state index in [-0.39, 0.29) is 23.8 Å². The largest absolute Gasteiger partial charge is 0.894 e. The molecule has 0 aromatic heterocycles. The first-order chi connectivity index (χ1) is 8.93. The molecule has 0 aliphatic rings. The number of nitrogens with two attached hydrogens (primary N) is 12. The van der Waals surface area contributed by atoms with Crippen LogP contribution in [0.4, 0.5) is 0 Å². The minimum absolute atomic E-state index is 0.0833. The van der Waals surface area contributed by atoms with Crippen molar-refractivity contribution in [3.63, 3.8) is 0 Å². The van der Waals surface area contributed by atoms with Crippen molar-refractivity contribution < 1.29 is 40.8 Å². The summed E-state index contributed by atoms with van der Waals surface area (Å²) >= 11 is 0. The summed E-state index contributed by atoms with van der Waals surface area (Å²) in [6.45, 7) is 0. The molecule has 0 amide bonds. The normalized spacial score (nSPS) is 7.43. The minimum Gasteiger partial charge on any atom is -0.894 e. The van der Waals surface area contributed by atoms with E-state index >= 15 is 0 Å². The zero-order valence-corrected chi connectivity index (χ0v) is 12.1.